The number of nitriles is 1. The monoisotopic (exact) mass is 343 g/mol. The van der Waals surface area contributed by atoms with Crippen molar-refractivity contribution in [3.63, 3.8) is 0 Å². The van der Waals surface area contributed by atoms with Gasteiger partial charge in [-0.3, -0.25) is 10.1 Å². The summed E-state index contributed by atoms with van der Waals surface area (Å²) < 4.78 is 39.5. The SMILES string of the molecule is N#C[C@]1(NC(=O)CN[C@H](c2ccccc2)C(F)(F)F)CCSC1. The number of hydrogen-bond acceptors (Lipinski definition) is 4. The summed E-state index contributed by atoms with van der Waals surface area (Å²) in [5.74, 6) is 0.590. The smallest absolute Gasteiger partial charge is 0.336 e. The predicted molar refractivity (Wildman–Crippen MR) is 81.7 cm³/mol. The zero-order valence-corrected chi connectivity index (χ0v) is 13.0. The molecule has 0 aliphatic carbocycles. The molecule has 0 aromatic heterocycles. The van der Waals surface area contributed by atoms with Crippen LogP contribution in [0.3, 0.4) is 0 Å². The Balaban J connectivity index is 1.99. The van der Waals surface area contributed by atoms with Gasteiger partial charge in [-0.05, 0) is 17.7 Å². The summed E-state index contributed by atoms with van der Waals surface area (Å²) in [7, 11) is 0. The summed E-state index contributed by atoms with van der Waals surface area (Å²) in [4.78, 5) is 11.9. The van der Waals surface area contributed by atoms with Crippen molar-refractivity contribution >= 4 is 17.7 Å². The maximum atomic E-state index is 13.2. The van der Waals surface area contributed by atoms with E-state index in [1.165, 1.54) is 36.0 Å². The molecule has 4 nitrogen and oxygen atoms in total. The van der Waals surface area contributed by atoms with Gasteiger partial charge in [0.1, 0.15) is 11.6 Å². The van der Waals surface area contributed by atoms with Crippen molar-refractivity contribution in [1.29, 1.82) is 5.26 Å². The highest BCUT2D eigenvalue weighted by Gasteiger charge is 2.41. The van der Waals surface area contributed by atoms with E-state index in [0.29, 0.717) is 12.2 Å². The molecule has 0 saturated carbocycles. The molecule has 1 aromatic carbocycles. The number of rotatable bonds is 5. The summed E-state index contributed by atoms with van der Waals surface area (Å²) in [6.07, 6.45) is -4.01. The summed E-state index contributed by atoms with van der Waals surface area (Å²) >= 11 is 1.54. The quantitative estimate of drug-likeness (QED) is 0.862. The van der Waals surface area contributed by atoms with Gasteiger partial charge in [-0.1, -0.05) is 30.3 Å². The number of nitrogens with one attached hydrogen (secondary N) is 2. The minimum absolute atomic E-state index is 0.0409. The van der Waals surface area contributed by atoms with E-state index in [4.69, 9.17) is 0 Å². The molecule has 23 heavy (non-hydrogen) atoms. The van der Waals surface area contributed by atoms with Gasteiger partial charge in [0, 0.05) is 5.75 Å². The molecule has 0 spiro atoms. The molecule has 0 unspecified atom stereocenters. The third kappa shape index (κ3) is 4.62. The summed E-state index contributed by atoms with van der Waals surface area (Å²) in [6.45, 7) is -0.507. The Morgan fingerprint density at radius 2 is 2.09 bits per heavy atom. The Kier molecular flexibility index (Phi) is 5.55. The van der Waals surface area contributed by atoms with Gasteiger partial charge in [0.2, 0.25) is 5.91 Å². The number of carbonyl (C=O) groups is 1. The highest BCUT2D eigenvalue weighted by atomic mass is 32.2. The average molecular weight is 343 g/mol. The fraction of sp³-hybridized carbons (Fsp3) is 0.467. The number of alkyl halides is 3. The van der Waals surface area contributed by atoms with Crippen LogP contribution in [0.1, 0.15) is 18.0 Å². The molecule has 1 aliphatic heterocycles. The highest BCUT2D eigenvalue weighted by molar-refractivity contribution is 7.99. The molecule has 1 aromatic rings. The average Bonchev–Trinajstić information content (AvgIpc) is 2.96. The van der Waals surface area contributed by atoms with Gasteiger partial charge < -0.3 is 5.32 Å². The first-order valence-electron chi connectivity index (χ1n) is 7.01. The number of benzene rings is 1. The van der Waals surface area contributed by atoms with Crippen molar-refractivity contribution in [2.75, 3.05) is 18.1 Å². The molecular weight excluding hydrogens is 327 g/mol. The number of carbonyl (C=O) groups excluding carboxylic acids is 1. The normalized spacial score (nSPS) is 22.3. The van der Waals surface area contributed by atoms with Gasteiger partial charge >= 0.3 is 6.18 Å². The van der Waals surface area contributed by atoms with Crippen molar-refractivity contribution in [2.45, 2.75) is 24.2 Å². The molecule has 2 N–H and O–H groups in total. The lowest BCUT2D eigenvalue weighted by Gasteiger charge is -2.24. The maximum absolute atomic E-state index is 13.2. The second-order valence-corrected chi connectivity index (χ2v) is 6.42. The van der Waals surface area contributed by atoms with E-state index in [2.05, 4.69) is 16.7 Å². The van der Waals surface area contributed by atoms with E-state index in [1.807, 2.05) is 0 Å². The van der Waals surface area contributed by atoms with Crippen molar-refractivity contribution in [3.05, 3.63) is 35.9 Å². The highest BCUT2D eigenvalue weighted by Crippen LogP contribution is 2.32. The molecule has 1 aliphatic rings. The topological polar surface area (TPSA) is 64.9 Å². The van der Waals surface area contributed by atoms with Gasteiger partial charge in [-0.25, -0.2) is 0 Å². The van der Waals surface area contributed by atoms with Gasteiger partial charge in [-0.2, -0.15) is 30.2 Å². The van der Waals surface area contributed by atoms with Crippen LogP contribution in [0, 0.1) is 11.3 Å². The molecular formula is C15H16F3N3OS. The van der Waals surface area contributed by atoms with Crippen LogP contribution in [-0.2, 0) is 4.79 Å². The van der Waals surface area contributed by atoms with Crippen molar-refractivity contribution in [1.82, 2.24) is 10.6 Å². The number of amides is 1. The Morgan fingerprint density at radius 3 is 2.61 bits per heavy atom. The third-order valence-electron chi connectivity index (χ3n) is 3.54. The molecule has 2 atom stereocenters. The van der Waals surface area contributed by atoms with Crippen LogP contribution in [0.2, 0.25) is 0 Å². The number of halogens is 3. The number of nitrogens with zero attached hydrogens (tertiary/aromatic N) is 1. The van der Waals surface area contributed by atoms with E-state index in [1.54, 1.807) is 6.07 Å². The van der Waals surface area contributed by atoms with E-state index >= 15 is 0 Å². The minimum Gasteiger partial charge on any atom is -0.336 e. The van der Waals surface area contributed by atoms with Gasteiger partial charge in [-0.15, -0.1) is 0 Å². The molecule has 1 heterocycles. The third-order valence-corrected chi connectivity index (χ3v) is 4.73. The zero-order valence-electron chi connectivity index (χ0n) is 12.2. The Labute approximate surface area is 136 Å². The van der Waals surface area contributed by atoms with Crippen LogP contribution < -0.4 is 10.6 Å². The van der Waals surface area contributed by atoms with Gasteiger partial charge in [0.15, 0.2) is 0 Å². The molecule has 124 valence electrons. The van der Waals surface area contributed by atoms with E-state index in [0.717, 1.165) is 5.75 Å². The molecule has 8 heteroatoms. The van der Waals surface area contributed by atoms with Crippen molar-refractivity contribution < 1.29 is 18.0 Å². The first-order valence-corrected chi connectivity index (χ1v) is 8.17. The largest absolute Gasteiger partial charge is 0.407 e. The Morgan fingerprint density at radius 1 is 1.39 bits per heavy atom. The molecule has 1 saturated heterocycles. The summed E-state index contributed by atoms with van der Waals surface area (Å²) in [5.41, 5.74) is -0.927. The predicted octanol–water partition coefficient (Wildman–Crippen LogP) is 2.40. The Hall–Kier alpha value is -1.72. The lowest BCUT2D eigenvalue weighted by molar-refractivity contribution is -0.158. The van der Waals surface area contributed by atoms with E-state index in [-0.39, 0.29) is 5.56 Å². The van der Waals surface area contributed by atoms with Crippen LogP contribution >= 0.6 is 11.8 Å². The molecule has 0 radical (unpaired) electrons. The molecule has 1 fully saturated rings. The standard InChI is InChI=1S/C15H16F3N3OS/c16-15(17,18)13(11-4-2-1-3-5-11)20-8-12(22)21-14(9-19)6-7-23-10-14/h1-5,13,20H,6-8,10H2,(H,21,22)/t13-,14-/m1/s1. The molecule has 1 amide bonds. The second-order valence-electron chi connectivity index (χ2n) is 5.31. The van der Waals surface area contributed by atoms with Crippen molar-refractivity contribution in [3.8, 4) is 6.07 Å². The number of hydrogen-bond donors (Lipinski definition) is 2. The fourth-order valence-corrected chi connectivity index (χ4v) is 3.62. The summed E-state index contributed by atoms with van der Waals surface area (Å²) in [5, 5.41) is 14.0. The van der Waals surface area contributed by atoms with Crippen LogP contribution in [-0.4, -0.2) is 35.7 Å². The number of thioether (sulfide) groups is 1. The van der Waals surface area contributed by atoms with Crippen LogP contribution in [0.15, 0.2) is 30.3 Å². The lowest BCUT2D eigenvalue weighted by Crippen LogP contribution is -2.51. The van der Waals surface area contributed by atoms with E-state index < -0.39 is 30.2 Å². The zero-order chi connectivity index (χ0) is 16.9. The van der Waals surface area contributed by atoms with E-state index in [9.17, 15) is 23.2 Å². The van der Waals surface area contributed by atoms with Crippen molar-refractivity contribution in [2.24, 2.45) is 0 Å². The van der Waals surface area contributed by atoms with Crippen LogP contribution in [0.25, 0.3) is 0 Å². The minimum atomic E-state index is -4.52. The van der Waals surface area contributed by atoms with Gasteiger partial charge in [0.05, 0.1) is 12.6 Å². The fourth-order valence-electron chi connectivity index (χ4n) is 2.35. The summed E-state index contributed by atoms with van der Waals surface area (Å²) in [6, 6.07) is 7.48. The maximum Gasteiger partial charge on any atom is 0.407 e. The first kappa shape index (κ1) is 17.6. The lowest BCUT2D eigenvalue weighted by atomic mass is 10.0. The van der Waals surface area contributed by atoms with Crippen LogP contribution in [0.4, 0.5) is 13.2 Å². The van der Waals surface area contributed by atoms with Gasteiger partial charge in [0.25, 0.3) is 0 Å². The second kappa shape index (κ2) is 7.23. The first-order chi connectivity index (χ1) is 10.9. The van der Waals surface area contributed by atoms with Crippen LogP contribution in [0.5, 0.6) is 0 Å². The Bertz CT molecular complexity index is 580. The molecule has 2 rings (SSSR count). The molecule has 0 bridgehead atoms.